The second-order valence-corrected chi connectivity index (χ2v) is 6.31. The molecule has 4 heteroatoms. The van der Waals surface area contributed by atoms with Gasteiger partial charge in [-0.3, -0.25) is 4.90 Å². The SMILES string of the molecule is C[C@H]1CCN(C2CCCN(I)C2)C[C@H]1F. The first kappa shape index (κ1) is 12.0. The van der Waals surface area contributed by atoms with Gasteiger partial charge in [-0.15, -0.1) is 0 Å². The normalized spacial score (nSPS) is 40.6. The molecule has 0 aromatic rings. The van der Waals surface area contributed by atoms with Gasteiger partial charge in [0.15, 0.2) is 0 Å². The first-order valence-corrected chi connectivity index (χ1v) is 6.92. The average Bonchev–Trinajstić information content (AvgIpc) is 2.22. The molecule has 0 aromatic carbocycles. The molecule has 2 heterocycles. The summed E-state index contributed by atoms with van der Waals surface area (Å²) < 4.78 is 16.0. The largest absolute Gasteiger partial charge is 0.296 e. The zero-order chi connectivity index (χ0) is 10.8. The lowest BCUT2D eigenvalue weighted by molar-refractivity contribution is 0.0468. The van der Waals surface area contributed by atoms with E-state index in [0.29, 0.717) is 12.6 Å². The summed E-state index contributed by atoms with van der Waals surface area (Å²) in [5.41, 5.74) is 0. The minimum absolute atomic E-state index is 0.264. The maximum atomic E-state index is 13.6. The Morgan fingerprint density at radius 1 is 1.20 bits per heavy atom. The predicted octanol–water partition coefficient (Wildman–Crippen LogP) is 2.48. The molecule has 1 unspecified atom stereocenters. The summed E-state index contributed by atoms with van der Waals surface area (Å²) in [5.74, 6) is 0.264. The van der Waals surface area contributed by atoms with Crippen LogP contribution in [0.4, 0.5) is 4.39 Å². The second kappa shape index (κ2) is 5.27. The van der Waals surface area contributed by atoms with Crippen LogP contribution in [0.25, 0.3) is 0 Å². The molecule has 88 valence electrons. The van der Waals surface area contributed by atoms with Crippen LogP contribution < -0.4 is 0 Å². The highest BCUT2D eigenvalue weighted by Gasteiger charge is 2.31. The Hall–Kier alpha value is 0.580. The molecule has 2 aliphatic heterocycles. The van der Waals surface area contributed by atoms with Gasteiger partial charge < -0.3 is 0 Å². The van der Waals surface area contributed by atoms with E-state index < -0.39 is 6.17 Å². The van der Waals surface area contributed by atoms with E-state index in [1.807, 2.05) is 6.92 Å². The fraction of sp³-hybridized carbons (Fsp3) is 1.00. The number of nitrogens with zero attached hydrogens (tertiary/aromatic N) is 2. The predicted molar refractivity (Wildman–Crippen MR) is 68.9 cm³/mol. The zero-order valence-electron chi connectivity index (χ0n) is 9.33. The van der Waals surface area contributed by atoms with E-state index in [1.54, 1.807) is 0 Å². The van der Waals surface area contributed by atoms with Gasteiger partial charge in [0, 0.05) is 48.5 Å². The van der Waals surface area contributed by atoms with Gasteiger partial charge in [0.2, 0.25) is 0 Å². The topological polar surface area (TPSA) is 6.48 Å². The van der Waals surface area contributed by atoms with E-state index in [2.05, 4.69) is 30.9 Å². The Morgan fingerprint density at radius 2 is 2.00 bits per heavy atom. The molecular formula is C11H20FIN2. The van der Waals surface area contributed by atoms with Crippen molar-refractivity contribution in [1.82, 2.24) is 8.01 Å². The quantitative estimate of drug-likeness (QED) is 0.540. The lowest BCUT2D eigenvalue weighted by Gasteiger charge is -2.41. The standard InChI is InChI=1S/C11H20FIN2/c1-9-4-6-14(8-11(9)12)10-3-2-5-15(13)7-10/h9-11H,2-8H2,1H3/t9-,10?,11+/m0/s1. The van der Waals surface area contributed by atoms with Crippen molar-refractivity contribution in [3.63, 3.8) is 0 Å². The molecule has 0 bridgehead atoms. The molecule has 2 aliphatic rings. The van der Waals surface area contributed by atoms with Crippen molar-refractivity contribution in [1.29, 1.82) is 0 Å². The third-order valence-electron chi connectivity index (χ3n) is 3.76. The Kier molecular flexibility index (Phi) is 4.24. The Bertz CT molecular complexity index is 215. The molecule has 0 amide bonds. The Morgan fingerprint density at radius 3 is 2.67 bits per heavy atom. The van der Waals surface area contributed by atoms with Gasteiger partial charge in [0.25, 0.3) is 0 Å². The lowest BCUT2D eigenvalue weighted by atomic mass is 9.94. The number of alkyl halides is 1. The van der Waals surface area contributed by atoms with Crippen LogP contribution in [0, 0.1) is 5.92 Å². The maximum absolute atomic E-state index is 13.6. The van der Waals surface area contributed by atoms with Gasteiger partial charge in [0.05, 0.1) is 0 Å². The van der Waals surface area contributed by atoms with Crippen LogP contribution in [0.3, 0.4) is 0 Å². The first-order chi connectivity index (χ1) is 7.16. The summed E-state index contributed by atoms with van der Waals surface area (Å²) in [6.45, 7) is 6.10. The first-order valence-electron chi connectivity index (χ1n) is 5.95. The molecule has 0 N–H and O–H groups in total. The minimum atomic E-state index is -0.608. The number of hydrogen-bond donors (Lipinski definition) is 0. The maximum Gasteiger partial charge on any atom is 0.115 e. The van der Waals surface area contributed by atoms with Crippen molar-refractivity contribution in [2.75, 3.05) is 26.2 Å². The number of piperidine rings is 2. The van der Waals surface area contributed by atoms with Gasteiger partial charge in [-0.1, -0.05) is 6.92 Å². The van der Waals surface area contributed by atoms with Crippen LogP contribution in [0.15, 0.2) is 0 Å². The third-order valence-corrected chi connectivity index (χ3v) is 4.64. The molecule has 2 rings (SSSR count). The molecule has 0 spiro atoms. The third kappa shape index (κ3) is 3.03. The molecule has 0 radical (unpaired) electrons. The second-order valence-electron chi connectivity index (χ2n) is 4.94. The van der Waals surface area contributed by atoms with E-state index in [4.69, 9.17) is 0 Å². The minimum Gasteiger partial charge on any atom is -0.296 e. The van der Waals surface area contributed by atoms with Gasteiger partial charge >= 0.3 is 0 Å². The van der Waals surface area contributed by atoms with Crippen molar-refractivity contribution in [3.05, 3.63) is 0 Å². The fourth-order valence-corrected chi connectivity index (χ4v) is 3.38. The van der Waals surface area contributed by atoms with Crippen LogP contribution in [0.1, 0.15) is 26.2 Å². The molecule has 2 saturated heterocycles. The molecular weight excluding hydrogens is 306 g/mol. The molecule has 15 heavy (non-hydrogen) atoms. The van der Waals surface area contributed by atoms with E-state index in [-0.39, 0.29) is 5.92 Å². The molecule has 2 fully saturated rings. The Labute approximate surface area is 106 Å². The monoisotopic (exact) mass is 326 g/mol. The lowest BCUT2D eigenvalue weighted by Crippen LogP contribution is -2.51. The van der Waals surface area contributed by atoms with Crippen molar-refractivity contribution in [2.45, 2.75) is 38.4 Å². The highest BCUT2D eigenvalue weighted by atomic mass is 127. The summed E-state index contributed by atoms with van der Waals surface area (Å²) in [6.07, 6.45) is 2.93. The van der Waals surface area contributed by atoms with Gasteiger partial charge in [-0.05, 0) is 31.7 Å². The summed E-state index contributed by atoms with van der Waals surface area (Å²) in [4.78, 5) is 2.37. The number of hydrogen-bond acceptors (Lipinski definition) is 2. The summed E-state index contributed by atoms with van der Waals surface area (Å²) in [7, 11) is 0. The number of rotatable bonds is 1. The number of likely N-dealkylation sites (tertiary alicyclic amines) is 1. The van der Waals surface area contributed by atoms with E-state index in [1.165, 1.54) is 19.4 Å². The molecule has 2 nitrogen and oxygen atoms in total. The Balaban J connectivity index is 1.87. The molecule has 0 aromatic heterocycles. The van der Waals surface area contributed by atoms with Crippen molar-refractivity contribution in [2.24, 2.45) is 5.92 Å². The van der Waals surface area contributed by atoms with Crippen molar-refractivity contribution >= 4 is 22.9 Å². The molecule has 0 aliphatic carbocycles. The molecule has 0 saturated carbocycles. The van der Waals surface area contributed by atoms with Crippen LogP contribution >= 0.6 is 22.9 Å². The average molecular weight is 326 g/mol. The van der Waals surface area contributed by atoms with E-state index >= 15 is 0 Å². The van der Waals surface area contributed by atoms with Crippen molar-refractivity contribution < 1.29 is 4.39 Å². The highest BCUT2D eigenvalue weighted by Crippen LogP contribution is 2.25. The molecule has 3 atom stereocenters. The number of halogens is 2. The van der Waals surface area contributed by atoms with E-state index in [9.17, 15) is 4.39 Å². The highest BCUT2D eigenvalue weighted by molar-refractivity contribution is 14.1. The summed E-state index contributed by atoms with van der Waals surface area (Å²) in [6, 6.07) is 0.599. The van der Waals surface area contributed by atoms with Crippen LogP contribution in [-0.4, -0.2) is 46.4 Å². The van der Waals surface area contributed by atoms with Gasteiger partial charge in [0.1, 0.15) is 6.17 Å². The van der Waals surface area contributed by atoms with E-state index in [0.717, 1.165) is 19.5 Å². The van der Waals surface area contributed by atoms with Gasteiger partial charge in [-0.2, -0.15) is 0 Å². The van der Waals surface area contributed by atoms with Crippen LogP contribution in [0.2, 0.25) is 0 Å². The van der Waals surface area contributed by atoms with Gasteiger partial charge in [-0.25, -0.2) is 7.50 Å². The van der Waals surface area contributed by atoms with Crippen LogP contribution in [-0.2, 0) is 0 Å². The summed E-state index contributed by atoms with van der Waals surface area (Å²) >= 11 is 2.39. The fourth-order valence-electron chi connectivity index (χ4n) is 2.58. The van der Waals surface area contributed by atoms with Crippen molar-refractivity contribution in [3.8, 4) is 0 Å². The van der Waals surface area contributed by atoms with Crippen LogP contribution in [0.5, 0.6) is 0 Å². The zero-order valence-corrected chi connectivity index (χ0v) is 11.5. The summed E-state index contributed by atoms with van der Waals surface area (Å²) in [5, 5.41) is 0. The smallest absolute Gasteiger partial charge is 0.115 e.